The maximum atomic E-state index is 11.3. The number of aromatic carboxylic acids is 1. The molecular weight excluding hydrogens is 294 g/mol. The summed E-state index contributed by atoms with van der Waals surface area (Å²) in [5.41, 5.74) is 0.710. The Labute approximate surface area is 136 Å². The van der Waals surface area contributed by atoms with Crippen LogP contribution in [0.2, 0.25) is 0 Å². The number of benzene rings is 1. The van der Waals surface area contributed by atoms with Crippen LogP contribution < -0.4 is 4.74 Å². The van der Waals surface area contributed by atoms with Gasteiger partial charge in [-0.2, -0.15) is 0 Å². The van der Waals surface area contributed by atoms with Crippen LogP contribution in [0.25, 0.3) is 0 Å². The second-order valence-electron chi connectivity index (χ2n) is 6.87. The average Bonchev–Trinajstić information content (AvgIpc) is 2.55. The lowest BCUT2D eigenvalue weighted by Gasteiger charge is -2.47. The Morgan fingerprint density at radius 1 is 1.39 bits per heavy atom. The predicted molar refractivity (Wildman–Crippen MR) is 86.8 cm³/mol. The van der Waals surface area contributed by atoms with Gasteiger partial charge in [0.25, 0.3) is 0 Å². The van der Waals surface area contributed by atoms with Crippen LogP contribution in [0, 0.1) is 5.92 Å². The number of carboxylic acid groups (broad SMARTS) is 1. The van der Waals surface area contributed by atoms with Crippen molar-refractivity contribution in [3.63, 3.8) is 0 Å². The van der Waals surface area contributed by atoms with Crippen LogP contribution in [-0.2, 0) is 6.54 Å². The molecule has 0 aromatic heterocycles. The van der Waals surface area contributed by atoms with Gasteiger partial charge >= 0.3 is 5.97 Å². The van der Waals surface area contributed by atoms with Crippen molar-refractivity contribution in [1.29, 1.82) is 0 Å². The molecule has 1 aliphatic carbocycles. The lowest BCUT2D eigenvalue weighted by molar-refractivity contribution is -0.0967. The molecule has 2 aliphatic rings. The Bertz CT molecular complexity index is 588. The summed E-state index contributed by atoms with van der Waals surface area (Å²) in [6.45, 7) is 2.48. The van der Waals surface area contributed by atoms with Gasteiger partial charge in [0.1, 0.15) is 11.3 Å². The normalized spacial score (nSPS) is 28.2. The summed E-state index contributed by atoms with van der Waals surface area (Å²) in [5, 5.41) is 20.0. The molecule has 0 spiro atoms. The highest BCUT2D eigenvalue weighted by Crippen LogP contribution is 2.40. The number of carbonyl (C=O) groups is 1. The Balaban J connectivity index is 1.70. The molecule has 2 atom stereocenters. The van der Waals surface area contributed by atoms with Gasteiger partial charge in [-0.05, 0) is 37.0 Å². The third-order valence-electron chi connectivity index (χ3n) is 5.41. The fourth-order valence-corrected chi connectivity index (χ4v) is 4.06. The number of likely N-dealkylation sites (tertiary alicyclic amines) is 1. The van der Waals surface area contributed by atoms with Crippen molar-refractivity contribution in [2.45, 2.75) is 44.2 Å². The number of hydrogen-bond donors (Lipinski definition) is 2. The summed E-state index contributed by atoms with van der Waals surface area (Å²) < 4.78 is 5.11. The molecule has 1 aromatic carbocycles. The Morgan fingerprint density at radius 2 is 2.22 bits per heavy atom. The van der Waals surface area contributed by atoms with Crippen LogP contribution in [0.3, 0.4) is 0 Å². The third-order valence-corrected chi connectivity index (χ3v) is 5.41. The summed E-state index contributed by atoms with van der Waals surface area (Å²) in [6, 6.07) is 5.34. The Morgan fingerprint density at radius 3 is 2.96 bits per heavy atom. The number of aliphatic hydroxyl groups is 1. The van der Waals surface area contributed by atoms with Crippen LogP contribution in [0.1, 0.15) is 48.0 Å². The zero-order valence-corrected chi connectivity index (χ0v) is 13.6. The zero-order valence-electron chi connectivity index (χ0n) is 13.6. The van der Waals surface area contributed by atoms with Crippen LogP contribution in [0.15, 0.2) is 18.2 Å². The van der Waals surface area contributed by atoms with Crippen molar-refractivity contribution in [3.05, 3.63) is 29.3 Å². The van der Waals surface area contributed by atoms with E-state index in [9.17, 15) is 15.0 Å². The number of rotatable bonds is 4. The van der Waals surface area contributed by atoms with E-state index in [1.807, 2.05) is 6.07 Å². The van der Waals surface area contributed by atoms with E-state index in [-0.39, 0.29) is 5.56 Å². The molecule has 126 valence electrons. The van der Waals surface area contributed by atoms with Gasteiger partial charge in [-0.15, -0.1) is 0 Å². The van der Waals surface area contributed by atoms with Crippen molar-refractivity contribution in [2.24, 2.45) is 5.92 Å². The molecule has 1 heterocycles. The highest BCUT2D eigenvalue weighted by molar-refractivity contribution is 5.91. The molecule has 5 heteroatoms. The minimum absolute atomic E-state index is 0.205. The molecule has 1 aliphatic heterocycles. The van der Waals surface area contributed by atoms with Gasteiger partial charge in [0.15, 0.2) is 0 Å². The number of carboxylic acids is 1. The largest absolute Gasteiger partial charge is 0.496 e. The van der Waals surface area contributed by atoms with Gasteiger partial charge in [0.2, 0.25) is 0 Å². The maximum Gasteiger partial charge on any atom is 0.339 e. The molecule has 1 aromatic rings. The Kier molecular flexibility index (Phi) is 4.60. The van der Waals surface area contributed by atoms with Crippen molar-refractivity contribution in [1.82, 2.24) is 4.90 Å². The van der Waals surface area contributed by atoms with Gasteiger partial charge in [0, 0.05) is 25.6 Å². The molecule has 2 fully saturated rings. The number of methoxy groups -OCH3 is 1. The first-order chi connectivity index (χ1) is 11.0. The summed E-state index contributed by atoms with van der Waals surface area (Å²) in [5.74, 6) is -0.229. The summed E-state index contributed by atoms with van der Waals surface area (Å²) in [7, 11) is 1.48. The molecule has 23 heavy (non-hydrogen) atoms. The van der Waals surface area contributed by atoms with Crippen LogP contribution in [0.5, 0.6) is 5.75 Å². The van der Waals surface area contributed by atoms with E-state index in [0.717, 1.165) is 50.9 Å². The maximum absolute atomic E-state index is 11.3. The Hall–Kier alpha value is -1.59. The first-order valence-corrected chi connectivity index (χ1v) is 8.37. The summed E-state index contributed by atoms with van der Waals surface area (Å²) >= 11 is 0. The van der Waals surface area contributed by atoms with E-state index in [1.165, 1.54) is 13.5 Å². The van der Waals surface area contributed by atoms with Crippen molar-refractivity contribution < 1.29 is 19.7 Å². The quantitative estimate of drug-likeness (QED) is 0.892. The first-order valence-electron chi connectivity index (χ1n) is 8.37. The lowest BCUT2D eigenvalue weighted by Crippen LogP contribution is -2.52. The van der Waals surface area contributed by atoms with E-state index in [2.05, 4.69) is 4.90 Å². The van der Waals surface area contributed by atoms with Gasteiger partial charge in [0.05, 0.1) is 12.7 Å². The molecule has 0 amide bonds. The smallest absolute Gasteiger partial charge is 0.339 e. The highest BCUT2D eigenvalue weighted by atomic mass is 16.5. The molecular formula is C18H25NO4. The first kappa shape index (κ1) is 16.3. The van der Waals surface area contributed by atoms with Crippen molar-refractivity contribution in [3.8, 4) is 5.75 Å². The van der Waals surface area contributed by atoms with Crippen LogP contribution in [-0.4, -0.2) is 46.9 Å². The van der Waals surface area contributed by atoms with Gasteiger partial charge in [-0.25, -0.2) is 4.79 Å². The molecule has 0 radical (unpaired) electrons. The molecule has 0 unspecified atom stereocenters. The lowest BCUT2D eigenvalue weighted by atomic mass is 9.71. The minimum Gasteiger partial charge on any atom is -0.496 e. The highest BCUT2D eigenvalue weighted by Gasteiger charge is 2.42. The predicted octanol–water partition coefficient (Wildman–Crippen LogP) is 2.52. The zero-order chi connectivity index (χ0) is 16.4. The molecule has 5 nitrogen and oxygen atoms in total. The number of piperidine rings is 1. The molecule has 2 N–H and O–H groups in total. The summed E-state index contributed by atoms with van der Waals surface area (Å²) in [6.07, 6.45) is 5.17. The third kappa shape index (κ3) is 3.35. The SMILES string of the molecule is COc1ccc(CN2CC[C@@]3(O)CCCC[C@H]3C2)cc1C(=O)O. The van der Waals surface area contributed by atoms with E-state index in [1.54, 1.807) is 12.1 Å². The van der Waals surface area contributed by atoms with Crippen LogP contribution >= 0.6 is 0 Å². The molecule has 1 saturated carbocycles. The standard InChI is InChI=1S/C18H25NO4/c1-23-16-6-5-13(10-15(16)17(20)21)11-19-9-8-18(22)7-3-2-4-14(18)12-19/h5-6,10,14,22H,2-4,7-9,11-12H2,1H3,(H,20,21)/t14-,18-/m0/s1. The number of hydrogen-bond acceptors (Lipinski definition) is 4. The van der Waals surface area contributed by atoms with E-state index in [0.29, 0.717) is 11.7 Å². The fourth-order valence-electron chi connectivity index (χ4n) is 4.06. The number of fused-ring (bicyclic) bond motifs is 1. The number of nitrogens with zero attached hydrogens (tertiary/aromatic N) is 1. The van der Waals surface area contributed by atoms with Gasteiger partial charge < -0.3 is 14.9 Å². The van der Waals surface area contributed by atoms with E-state index in [4.69, 9.17) is 4.74 Å². The average molecular weight is 319 g/mol. The topological polar surface area (TPSA) is 70.0 Å². The summed E-state index contributed by atoms with van der Waals surface area (Å²) in [4.78, 5) is 13.7. The number of ether oxygens (including phenoxy) is 1. The van der Waals surface area contributed by atoms with Crippen LogP contribution in [0.4, 0.5) is 0 Å². The van der Waals surface area contributed by atoms with Crippen molar-refractivity contribution >= 4 is 5.97 Å². The van der Waals surface area contributed by atoms with E-state index < -0.39 is 11.6 Å². The second-order valence-corrected chi connectivity index (χ2v) is 6.87. The minimum atomic E-state index is -0.969. The molecule has 1 saturated heterocycles. The monoisotopic (exact) mass is 319 g/mol. The fraction of sp³-hybridized carbons (Fsp3) is 0.611. The second kappa shape index (κ2) is 6.49. The van der Waals surface area contributed by atoms with Crippen molar-refractivity contribution in [2.75, 3.05) is 20.2 Å². The van der Waals surface area contributed by atoms with Gasteiger partial charge in [-0.1, -0.05) is 18.9 Å². The molecule has 3 rings (SSSR count). The van der Waals surface area contributed by atoms with Gasteiger partial charge in [-0.3, -0.25) is 4.90 Å². The van der Waals surface area contributed by atoms with E-state index >= 15 is 0 Å². The molecule has 0 bridgehead atoms.